The second-order valence-corrected chi connectivity index (χ2v) is 8.40. The molecular formula is C21H29N3O5. The van der Waals surface area contributed by atoms with Gasteiger partial charge >= 0.3 is 6.09 Å². The first-order valence-electron chi connectivity index (χ1n) is 9.89. The lowest BCUT2D eigenvalue weighted by Crippen LogP contribution is -2.53. The highest BCUT2D eigenvalue weighted by Crippen LogP contribution is 2.28. The van der Waals surface area contributed by atoms with Gasteiger partial charge in [0.25, 0.3) is 0 Å². The monoisotopic (exact) mass is 403 g/mol. The topological polar surface area (TPSA) is 79.4 Å². The number of anilines is 1. The van der Waals surface area contributed by atoms with Crippen LogP contribution in [0.15, 0.2) is 24.3 Å². The molecule has 0 aliphatic carbocycles. The summed E-state index contributed by atoms with van der Waals surface area (Å²) in [5.74, 6) is 0.271. The standard InChI is InChI=1S/C21H29N3O5/c1-21(2,3)29-20(27)23-11-9-22(10-12-23)19(26)15-13-18(25)24(14-15)16-5-7-17(28-4)8-6-16/h5-8,15H,9-14H2,1-4H3/t15-/m1/s1. The summed E-state index contributed by atoms with van der Waals surface area (Å²) in [7, 11) is 1.59. The molecule has 3 rings (SSSR count). The molecule has 1 atom stereocenters. The number of hydrogen-bond donors (Lipinski definition) is 0. The van der Waals surface area contributed by atoms with E-state index in [1.165, 1.54) is 0 Å². The van der Waals surface area contributed by atoms with Crippen molar-refractivity contribution < 1.29 is 23.9 Å². The lowest BCUT2D eigenvalue weighted by molar-refractivity contribution is -0.137. The molecule has 0 aromatic heterocycles. The Hall–Kier alpha value is -2.77. The molecule has 2 saturated heterocycles. The van der Waals surface area contributed by atoms with E-state index in [2.05, 4.69) is 0 Å². The maximum atomic E-state index is 12.9. The summed E-state index contributed by atoms with van der Waals surface area (Å²) in [6.07, 6.45) is -0.150. The Morgan fingerprint density at radius 2 is 1.59 bits per heavy atom. The third kappa shape index (κ3) is 4.99. The van der Waals surface area contributed by atoms with Gasteiger partial charge in [0.2, 0.25) is 11.8 Å². The van der Waals surface area contributed by atoms with Gasteiger partial charge in [-0.15, -0.1) is 0 Å². The molecule has 0 bridgehead atoms. The van der Waals surface area contributed by atoms with E-state index in [1.54, 1.807) is 33.9 Å². The minimum atomic E-state index is -0.542. The molecule has 2 fully saturated rings. The molecule has 8 nitrogen and oxygen atoms in total. The molecule has 8 heteroatoms. The SMILES string of the molecule is COc1ccc(N2C[C@H](C(=O)N3CCN(C(=O)OC(C)(C)C)CC3)CC2=O)cc1. The molecule has 0 radical (unpaired) electrons. The molecule has 2 aliphatic heterocycles. The van der Waals surface area contributed by atoms with Gasteiger partial charge in [-0.2, -0.15) is 0 Å². The average Bonchev–Trinajstić information content (AvgIpc) is 3.08. The van der Waals surface area contributed by atoms with E-state index in [-0.39, 0.29) is 30.2 Å². The molecule has 0 saturated carbocycles. The molecule has 0 spiro atoms. The summed E-state index contributed by atoms with van der Waals surface area (Å²) in [5, 5.41) is 0. The number of nitrogens with zero attached hydrogens (tertiary/aromatic N) is 3. The fourth-order valence-corrected chi connectivity index (χ4v) is 3.58. The van der Waals surface area contributed by atoms with Crippen molar-refractivity contribution >= 4 is 23.6 Å². The molecule has 0 unspecified atom stereocenters. The van der Waals surface area contributed by atoms with Crippen LogP contribution in [0.4, 0.5) is 10.5 Å². The fourth-order valence-electron chi connectivity index (χ4n) is 3.58. The van der Waals surface area contributed by atoms with Crippen LogP contribution in [0, 0.1) is 5.92 Å². The van der Waals surface area contributed by atoms with Gasteiger partial charge in [0.1, 0.15) is 11.4 Å². The normalized spacial score (nSPS) is 20.1. The number of piperazine rings is 1. The van der Waals surface area contributed by atoms with Crippen molar-refractivity contribution in [2.24, 2.45) is 5.92 Å². The second-order valence-electron chi connectivity index (χ2n) is 8.40. The Balaban J connectivity index is 1.55. The van der Waals surface area contributed by atoms with Crippen molar-refractivity contribution in [2.75, 3.05) is 44.7 Å². The lowest BCUT2D eigenvalue weighted by Gasteiger charge is -2.36. The minimum Gasteiger partial charge on any atom is -0.497 e. The molecule has 1 aromatic rings. The van der Waals surface area contributed by atoms with Gasteiger partial charge in [-0.1, -0.05) is 0 Å². The van der Waals surface area contributed by atoms with Crippen molar-refractivity contribution in [3.8, 4) is 5.75 Å². The Kier molecular flexibility index (Phi) is 6.00. The zero-order valence-corrected chi connectivity index (χ0v) is 17.5. The first-order valence-corrected chi connectivity index (χ1v) is 9.89. The maximum Gasteiger partial charge on any atom is 0.410 e. The zero-order valence-electron chi connectivity index (χ0n) is 17.5. The van der Waals surface area contributed by atoms with Gasteiger partial charge in [-0.05, 0) is 45.0 Å². The summed E-state index contributed by atoms with van der Waals surface area (Å²) < 4.78 is 10.5. The summed E-state index contributed by atoms with van der Waals surface area (Å²) in [6.45, 7) is 7.63. The molecular weight excluding hydrogens is 374 g/mol. The predicted molar refractivity (Wildman–Crippen MR) is 108 cm³/mol. The summed E-state index contributed by atoms with van der Waals surface area (Å²) >= 11 is 0. The Morgan fingerprint density at radius 3 is 2.14 bits per heavy atom. The summed E-state index contributed by atoms with van der Waals surface area (Å²) in [6, 6.07) is 7.24. The molecule has 2 heterocycles. The number of methoxy groups -OCH3 is 1. The van der Waals surface area contributed by atoms with E-state index in [0.717, 1.165) is 11.4 Å². The number of carbonyl (C=O) groups excluding carboxylic acids is 3. The van der Waals surface area contributed by atoms with Gasteiger partial charge in [-0.3, -0.25) is 9.59 Å². The third-order valence-corrected chi connectivity index (χ3v) is 5.10. The smallest absolute Gasteiger partial charge is 0.410 e. The third-order valence-electron chi connectivity index (χ3n) is 5.10. The van der Waals surface area contributed by atoms with Crippen LogP contribution in [-0.4, -0.2) is 73.1 Å². The van der Waals surface area contributed by atoms with Crippen LogP contribution in [0.2, 0.25) is 0 Å². The predicted octanol–water partition coefficient (Wildman–Crippen LogP) is 2.13. The largest absolute Gasteiger partial charge is 0.497 e. The molecule has 2 aliphatic rings. The van der Waals surface area contributed by atoms with Crippen molar-refractivity contribution in [2.45, 2.75) is 32.8 Å². The minimum absolute atomic E-state index is 0.0294. The average molecular weight is 403 g/mol. The highest BCUT2D eigenvalue weighted by atomic mass is 16.6. The van der Waals surface area contributed by atoms with E-state index in [0.29, 0.717) is 32.7 Å². The molecule has 29 heavy (non-hydrogen) atoms. The van der Waals surface area contributed by atoms with Crippen LogP contribution in [0.5, 0.6) is 5.75 Å². The van der Waals surface area contributed by atoms with Crippen LogP contribution in [-0.2, 0) is 14.3 Å². The van der Waals surface area contributed by atoms with E-state index in [1.807, 2.05) is 32.9 Å². The van der Waals surface area contributed by atoms with Gasteiger partial charge in [0.05, 0.1) is 13.0 Å². The highest BCUT2D eigenvalue weighted by Gasteiger charge is 2.38. The quantitative estimate of drug-likeness (QED) is 0.773. The van der Waals surface area contributed by atoms with E-state index < -0.39 is 5.60 Å². The summed E-state index contributed by atoms with van der Waals surface area (Å²) in [4.78, 5) is 42.6. The second kappa shape index (κ2) is 8.31. The van der Waals surface area contributed by atoms with Gasteiger partial charge in [0.15, 0.2) is 0 Å². The number of hydrogen-bond acceptors (Lipinski definition) is 5. The van der Waals surface area contributed by atoms with Crippen molar-refractivity contribution in [3.05, 3.63) is 24.3 Å². The van der Waals surface area contributed by atoms with Gasteiger partial charge < -0.3 is 24.2 Å². The van der Waals surface area contributed by atoms with Gasteiger partial charge in [-0.25, -0.2) is 4.79 Å². The number of benzene rings is 1. The van der Waals surface area contributed by atoms with Crippen LogP contribution >= 0.6 is 0 Å². The molecule has 0 N–H and O–H groups in total. The summed E-state index contributed by atoms with van der Waals surface area (Å²) in [5.41, 5.74) is 0.222. The van der Waals surface area contributed by atoms with E-state index in [4.69, 9.17) is 9.47 Å². The van der Waals surface area contributed by atoms with Crippen LogP contribution < -0.4 is 9.64 Å². The highest BCUT2D eigenvalue weighted by molar-refractivity contribution is 6.00. The Morgan fingerprint density at radius 1 is 1.00 bits per heavy atom. The van der Waals surface area contributed by atoms with Crippen molar-refractivity contribution in [1.82, 2.24) is 9.80 Å². The van der Waals surface area contributed by atoms with Crippen molar-refractivity contribution in [3.63, 3.8) is 0 Å². The van der Waals surface area contributed by atoms with Crippen LogP contribution in [0.1, 0.15) is 27.2 Å². The number of amides is 3. The first kappa shape index (κ1) is 21.0. The van der Waals surface area contributed by atoms with E-state index >= 15 is 0 Å². The zero-order chi connectivity index (χ0) is 21.2. The van der Waals surface area contributed by atoms with E-state index in [9.17, 15) is 14.4 Å². The van der Waals surface area contributed by atoms with Gasteiger partial charge in [0, 0.05) is 44.8 Å². The lowest BCUT2D eigenvalue weighted by atomic mass is 10.1. The van der Waals surface area contributed by atoms with Crippen LogP contribution in [0.3, 0.4) is 0 Å². The number of carbonyl (C=O) groups is 3. The fraction of sp³-hybridized carbons (Fsp3) is 0.571. The molecule has 158 valence electrons. The van der Waals surface area contributed by atoms with Crippen LogP contribution in [0.25, 0.3) is 0 Å². The maximum absolute atomic E-state index is 12.9. The Labute approximate surface area is 171 Å². The molecule has 1 aromatic carbocycles. The first-order chi connectivity index (χ1) is 13.7. The van der Waals surface area contributed by atoms with Crippen molar-refractivity contribution in [1.29, 1.82) is 0 Å². The number of rotatable bonds is 3. The number of ether oxygens (including phenoxy) is 2. The Bertz CT molecular complexity index is 764. The molecule has 3 amide bonds.